The highest BCUT2D eigenvalue weighted by atomic mass is 19.4. The minimum atomic E-state index is -4.25. The fourth-order valence-electron chi connectivity index (χ4n) is 0.601. The van der Waals surface area contributed by atoms with Gasteiger partial charge in [-0.25, -0.2) is 0 Å². The van der Waals surface area contributed by atoms with Gasteiger partial charge in [0, 0.05) is 6.54 Å². The monoisotopic (exact) mass is 148 g/mol. The van der Waals surface area contributed by atoms with Crippen molar-refractivity contribution in [3.8, 4) is 0 Å². The number of nitrogens with one attached hydrogen (secondary N) is 1. The Balaban J connectivity index is 2.72. The molecule has 0 saturated heterocycles. The Morgan fingerprint density at radius 2 is 2.20 bits per heavy atom. The predicted octanol–water partition coefficient (Wildman–Crippen LogP) is 1.40. The summed E-state index contributed by atoms with van der Waals surface area (Å²) in [5.41, 5.74) is -0.703. The van der Waals surface area contributed by atoms with E-state index in [1.165, 1.54) is 6.08 Å². The zero-order valence-corrected chi connectivity index (χ0v) is 5.00. The molecule has 1 rings (SSSR count). The Bertz CT molecular complexity index is 178. The number of hydrogen-bond acceptors (Lipinski definition) is 1. The van der Waals surface area contributed by atoms with E-state index in [4.69, 9.17) is 0 Å². The highest BCUT2D eigenvalue weighted by molar-refractivity contribution is 5.17. The summed E-state index contributed by atoms with van der Waals surface area (Å²) in [6.07, 6.45) is 0.548. The summed E-state index contributed by atoms with van der Waals surface area (Å²) in [6, 6.07) is 0. The molecule has 0 fully saturated rings. The lowest BCUT2D eigenvalue weighted by molar-refractivity contribution is -0.0966. The molecule has 0 amide bonds. The van der Waals surface area contributed by atoms with E-state index < -0.39 is 11.9 Å². The lowest BCUT2D eigenvalue weighted by Gasteiger charge is -2.13. The largest absolute Gasteiger partial charge is 0.430 e. The van der Waals surface area contributed by atoms with Crippen LogP contribution in [-0.2, 0) is 0 Å². The van der Waals surface area contributed by atoms with E-state index in [-0.39, 0.29) is 6.54 Å². The van der Waals surface area contributed by atoms with Crippen molar-refractivity contribution in [2.45, 2.75) is 6.18 Å². The van der Waals surface area contributed by atoms with Crippen LogP contribution in [0.25, 0.3) is 0 Å². The summed E-state index contributed by atoms with van der Waals surface area (Å²) in [6.45, 7) is 0.130. The van der Waals surface area contributed by atoms with Crippen LogP contribution in [0.5, 0.6) is 0 Å². The number of rotatable bonds is 0. The third kappa shape index (κ3) is 1.52. The number of halogens is 3. The van der Waals surface area contributed by atoms with Gasteiger partial charge in [-0.05, 0) is 12.2 Å². The summed E-state index contributed by atoms with van der Waals surface area (Å²) in [5, 5.41) is 2.15. The van der Waals surface area contributed by atoms with Crippen molar-refractivity contribution in [3.63, 3.8) is 0 Å². The summed E-state index contributed by atoms with van der Waals surface area (Å²) >= 11 is 0. The van der Waals surface area contributed by atoms with Gasteiger partial charge in [0.25, 0.3) is 0 Å². The van der Waals surface area contributed by atoms with E-state index in [0.717, 1.165) is 6.08 Å². The summed E-state index contributed by atoms with van der Waals surface area (Å²) in [4.78, 5) is 0. The molecule has 0 aromatic rings. The zero-order valence-electron chi connectivity index (χ0n) is 5.00. The fourth-order valence-corrected chi connectivity index (χ4v) is 0.601. The number of hydrogen-bond donors (Lipinski definition) is 1. The molecule has 0 spiro atoms. The normalized spacial score (nSPS) is 18.1. The van der Waals surface area contributed by atoms with Gasteiger partial charge in [-0.15, -0.1) is 0 Å². The summed E-state index contributed by atoms with van der Waals surface area (Å²) < 4.78 is 35.3. The minimum Gasteiger partial charge on any atom is -0.377 e. The molecule has 0 aromatic heterocycles. The molecule has 1 nitrogen and oxygen atoms in total. The first-order valence-corrected chi connectivity index (χ1v) is 2.68. The second-order valence-electron chi connectivity index (χ2n) is 1.80. The molecule has 55 valence electrons. The predicted molar refractivity (Wildman–Crippen MR) is 30.0 cm³/mol. The molecular formula is C6H5F3N. The average molecular weight is 148 g/mol. The smallest absolute Gasteiger partial charge is 0.377 e. The molecule has 0 aliphatic carbocycles. The topological polar surface area (TPSA) is 12.0 Å². The molecule has 1 N–H and O–H groups in total. The van der Waals surface area contributed by atoms with Crippen LogP contribution in [-0.4, -0.2) is 12.7 Å². The van der Waals surface area contributed by atoms with Crippen LogP contribution in [0.3, 0.4) is 0 Å². The maximum Gasteiger partial charge on any atom is 0.430 e. The fraction of sp³-hybridized carbons (Fsp3) is 0.333. The van der Waals surface area contributed by atoms with Gasteiger partial charge in [-0.3, -0.25) is 0 Å². The molecule has 1 heterocycles. The molecular weight excluding hydrogens is 143 g/mol. The van der Waals surface area contributed by atoms with Crippen molar-refractivity contribution in [1.82, 2.24) is 5.32 Å². The Morgan fingerprint density at radius 3 is 2.50 bits per heavy atom. The van der Waals surface area contributed by atoms with Crippen molar-refractivity contribution in [2.24, 2.45) is 0 Å². The third-order valence-corrected chi connectivity index (χ3v) is 1.05. The molecule has 1 aliphatic heterocycles. The second-order valence-corrected chi connectivity index (χ2v) is 1.80. The lowest BCUT2D eigenvalue weighted by Crippen LogP contribution is -2.27. The van der Waals surface area contributed by atoms with Crippen LogP contribution in [0.15, 0.2) is 17.8 Å². The molecule has 0 saturated carbocycles. The molecule has 0 bridgehead atoms. The van der Waals surface area contributed by atoms with Gasteiger partial charge in [0.2, 0.25) is 0 Å². The standard InChI is InChI=1S/C6H5F3N/c7-6(8,9)5-3-1-2-4-10-5/h1,3,10H,4H2. The van der Waals surface area contributed by atoms with E-state index >= 15 is 0 Å². The van der Waals surface area contributed by atoms with Crippen LogP contribution in [0.4, 0.5) is 13.2 Å². The highest BCUT2D eigenvalue weighted by Crippen LogP contribution is 2.23. The average Bonchev–Trinajstić information content (AvgIpc) is 1.88. The van der Waals surface area contributed by atoms with Crippen molar-refractivity contribution in [2.75, 3.05) is 6.54 Å². The maximum atomic E-state index is 11.8. The summed E-state index contributed by atoms with van der Waals surface area (Å²) in [7, 11) is 0. The maximum absolute atomic E-state index is 11.8. The first-order chi connectivity index (χ1) is 4.61. The van der Waals surface area contributed by atoms with Crippen molar-refractivity contribution >= 4 is 0 Å². The van der Waals surface area contributed by atoms with E-state index in [1.807, 2.05) is 0 Å². The van der Waals surface area contributed by atoms with Crippen molar-refractivity contribution < 1.29 is 13.2 Å². The van der Waals surface area contributed by atoms with E-state index in [2.05, 4.69) is 11.4 Å². The van der Waals surface area contributed by atoms with Crippen LogP contribution in [0, 0.1) is 6.08 Å². The number of alkyl halides is 3. The summed E-state index contributed by atoms with van der Waals surface area (Å²) in [5.74, 6) is 0. The minimum absolute atomic E-state index is 0.130. The van der Waals surface area contributed by atoms with Crippen molar-refractivity contribution in [1.29, 1.82) is 0 Å². The first-order valence-electron chi connectivity index (χ1n) is 2.68. The molecule has 0 atom stereocenters. The Hall–Kier alpha value is -0.930. The molecule has 0 unspecified atom stereocenters. The Kier molecular flexibility index (Phi) is 1.70. The van der Waals surface area contributed by atoms with E-state index in [1.54, 1.807) is 0 Å². The zero-order chi connectivity index (χ0) is 7.61. The van der Waals surface area contributed by atoms with Crippen LogP contribution in [0.1, 0.15) is 0 Å². The molecule has 4 heteroatoms. The highest BCUT2D eigenvalue weighted by Gasteiger charge is 2.33. The van der Waals surface area contributed by atoms with Gasteiger partial charge in [-0.2, -0.15) is 13.2 Å². The molecule has 10 heavy (non-hydrogen) atoms. The van der Waals surface area contributed by atoms with Gasteiger partial charge in [-0.1, -0.05) is 6.08 Å². The van der Waals surface area contributed by atoms with Crippen LogP contribution in [0.2, 0.25) is 0 Å². The van der Waals surface area contributed by atoms with Crippen LogP contribution < -0.4 is 5.32 Å². The van der Waals surface area contributed by atoms with E-state index in [0.29, 0.717) is 0 Å². The SMILES string of the molecule is FC(F)(F)C1=CC=[C]CN1. The molecule has 1 radical (unpaired) electrons. The number of dihydropyridines is 1. The van der Waals surface area contributed by atoms with Gasteiger partial charge >= 0.3 is 6.18 Å². The third-order valence-electron chi connectivity index (χ3n) is 1.05. The van der Waals surface area contributed by atoms with Gasteiger partial charge in [0.1, 0.15) is 5.70 Å². The Morgan fingerprint density at radius 1 is 1.50 bits per heavy atom. The van der Waals surface area contributed by atoms with Gasteiger partial charge in [0.15, 0.2) is 0 Å². The lowest BCUT2D eigenvalue weighted by atomic mass is 10.3. The first kappa shape index (κ1) is 7.18. The number of allylic oxidation sites excluding steroid dienone is 3. The van der Waals surface area contributed by atoms with Gasteiger partial charge < -0.3 is 5.32 Å². The van der Waals surface area contributed by atoms with E-state index in [9.17, 15) is 13.2 Å². The van der Waals surface area contributed by atoms with Crippen molar-refractivity contribution in [3.05, 3.63) is 23.9 Å². The van der Waals surface area contributed by atoms with Crippen LogP contribution >= 0.6 is 0 Å². The molecule has 0 aromatic carbocycles. The molecule has 1 aliphatic rings. The quantitative estimate of drug-likeness (QED) is 0.547. The Labute approximate surface area is 56.2 Å². The van der Waals surface area contributed by atoms with Gasteiger partial charge in [0.05, 0.1) is 0 Å². The second kappa shape index (κ2) is 2.36.